The van der Waals surface area contributed by atoms with Crippen LogP contribution < -0.4 is 0 Å². The number of hydrogen-bond acceptors (Lipinski definition) is 3. The van der Waals surface area contributed by atoms with Crippen molar-refractivity contribution in [3.63, 3.8) is 0 Å². The van der Waals surface area contributed by atoms with Gasteiger partial charge in [-0.3, -0.25) is 0 Å². The fraction of sp³-hybridized carbons (Fsp3) is 1.00. The Hall–Kier alpha value is 0.310. The Morgan fingerprint density at radius 2 is 1.27 bits per heavy atom. The van der Waals surface area contributed by atoms with Gasteiger partial charge >= 0.3 is 0 Å². The molecule has 0 aliphatic carbocycles. The average molecular weight is 236 g/mol. The molecule has 0 radical (unpaired) electrons. The summed E-state index contributed by atoms with van der Waals surface area (Å²) in [5.74, 6) is 0. The molecule has 0 fully saturated rings. The first-order chi connectivity index (χ1) is 7.41. The molecule has 4 heteroatoms. The molecule has 0 saturated carbocycles. The molecule has 0 spiro atoms. The highest BCUT2D eigenvalue weighted by Crippen LogP contribution is 1.95. The third-order valence-corrected chi connectivity index (χ3v) is 2.37. The molecule has 0 aromatic heterocycles. The molecule has 0 aromatic carbocycles. The maximum Gasteiger partial charge on any atom is 0.0487 e. The number of unbranched alkanes of at least 4 members (excludes halogenated alkanes) is 1. The van der Waals surface area contributed by atoms with Crippen LogP contribution in [0, 0.1) is 0 Å². The van der Waals surface area contributed by atoms with Crippen LogP contribution in [-0.2, 0) is 14.2 Å². The number of hydrogen-bond donors (Lipinski definition) is 0. The van der Waals surface area contributed by atoms with Crippen LogP contribution in [0.25, 0.3) is 0 Å². The molecule has 15 heavy (non-hydrogen) atoms. The summed E-state index contributed by atoms with van der Waals surface area (Å²) in [6, 6.07) is 0. The molecule has 0 bridgehead atoms. The summed E-state index contributed by atoms with van der Waals surface area (Å²) in [4.78, 5) is 0. The van der Waals surface area contributed by atoms with Crippen molar-refractivity contribution < 1.29 is 14.2 Å². The molecule has 92 valence electrons. The monoisotopic (exact) mass is 236 g/mol. The number of methoxy groups -OCH3 is 1. The van der Waals surface area contributed by atoms with Gasteiger partial charge in [-0.1, -0.05) is 0 Å². The summed E-state index contributed by atoms with van der Waals surface area (Å²) < 4.78 is 15.8. The third-order valence-electron chi connectivity index (χ3n) is 1.96. The van der Waals surface area contributed by atoms with Gasteiger partial charge < -0.3 is 14.2 Å². The molecule has 0 aliphatic heterocycles. The average Bonchev–Trinajstić information content (AvgIpc) is 2.26. The lowest BCUT2D eigenvalue weighted by atomic mass is 10.3. The smallest absolute Gasteiger partial charge is 0.0487 e. The van der Waals surface area contributed by atoms with Crippen LogP contribution in [0.2, 0.25) is 0 Å². The summed E-state index contributed by atoms with van der Waals surface area (Å²) in [7, 11) is 4.42. The molecular formula is C11H25O3P. The minimum Gasteiger partial charge on any atom is -0.385 e. The van der Waals surface area contributed by atoms with Crippen LogP contribution >= 0.6 is 9.24 Å². The zero-order valence-corrected chi connectivity index (χ0v) is 11.0. The summed E-state index contributed by atoms with van der Waals surface area (Å²) in [5.41, 5.74) is 0. The van der Waals surface area contributed by atoms with Crippen molar-refractivity contribution in [2.45, 2.75) is 25.7 Å². The highest BCUT2D eigenvalue weighted by Gasteiger charge is 1.91. The molecule has 0 N–H and O–H groups in total. The fourth-order valence-electron chi connectivity index (χ4n) is 1.10. The van der Waals surface area contributed by atoms with Crippen LogP contribution in [-0.4, -0.2) is 46.3 Å². The van der Waals surface area contributed by atoms with Crippen molar-refractivity contribution in [2.75, 3.05) is 46.3 Å². The van der Waals surface area contributed by atoms with Crippen molar-refractivity contribution in [3.05, 3.63) is 0 Å². The Morgan fingerprint density at radius 3 is 1.80 bits per heavy atom. The highest BCUT2D eigenvalue weighted by molar-refractivity contribution is 7.16. The zero-order chi connectivity index (χ0) is 11.2. The van der Waals surface area contributed by atoms with Crippen LogP contribution in [0.4, 0.5) is 0 Å². The van der Waals surface area contributed by atoms with Gasteiger partial charge in [-0.05, 0) is 31.8 Å². The van der Waals surface area contributed by atoms with E-state index in [-0.39, 0.29) is 0 Å². The molecular weight excluding hydrogens is 211 g/mol. The first-order valence-electron chi connectivity index (χ1n) is 5.76. The summed E-state index contributed by atoms with van der Waals surface area (Å²) >= 11 is 0. The first kappa shape index (κ1) is 15.3. The molecule has 0 heterocycles. The summed E-state index contributed by atoms with van der Waals surface area (Å²) in [6.45, 7) is 4.20. The standard InChI is InChI=1S/C11H25O3P/c1-12-6-4-9-13-7-2-3-8-14-10-5-11-15/h2-11,15H2,1H3. The van der Waals surface area contributed by atoms with E-state index in [9.17, 15) is 0 Å². The van der Waals surface area contributed by atoms with Crippen LogP contribution in [0.3, 0.4) is 0 Å². The van der Waals surface area contributed by atoms with Gasteiger partial charge in [-0.15, -0.1) is 9.24 Å². The predicted octanol–water partition coefficient (Wildman–Crippen LogP) is 2.10. The van der Waals surface area contributed by atoms with Gasteiger partial charge in [0.15, 0.2) is 0 Å². The minimum absolute atomic E-state index is 0.790. The van der Waals surface area contributed by atoms with E-state index < -0.39 is 0 Å². The van der Waals surface area contributed by atoms with Gasteiger partial charge in [0.25, 0.3) is 0 Å². The van der Waals surface area contributed by atoms with Gasteiger partial charge in [0, 0.05) is 40.1 Å². The van der Waals surface area contributed by atoms with E-state index in [2.05, 4.69) is 9.24 Å². The second kappa shape index (κ2) is 14.3. The van der Waals surface area contributed by atoms with E-state index in [1.54, 1.807) is 7.11 Å². The normalized spacial score (nSPS) is 10.8. The van der Waals surface area contributed by atoms with Crippen molar-refractivity contribution in [2.24, 2.45) is 0 Å². The molecule has 0 aromatic rings. The Labute approximate surface area is 96.1 Å². The Morgan fingerprint density at radius 1 is 0.733 bits per heavy atom. The van der Waals surface area contributed by atoms with Gasteiger partial charge in [0.05, 0.1) is 0 Å². The zero-order valence-electron chi connectivity index (χ0n) is 9.87. The van der Waals surface area contributed by atoms with E-state index in [1.165, 1.54) is 0 Å². The SMILES string of the molecule is COCCCOCCCCOCCCP. The van der Waals surface area contributed by atoms with Gasteiger partial charge in [-0.25, -0.2) is 0 Å². The van der Waals surface area contributed by atoms with E-state index >= 15 is 0 Å². The van der Waals surface area contributed by atoms with Gasteiger partial charge in [-0.2, -0.15) is 0 Å². The maximum atomic E-state index is 5.43. The van der Waals surface area contributed by atoms with Crippen molar-refractivity contribution >= 4 is 9.24 Å². The third kappa shape index (κ3) is 14.3. The van der Waals surface area contributed by atoms with Crippen molar-refractivity contribution in [1.82, 2.24) is 0 Å². The molecule has 1 unspecified atom stereocenters. The largest absolute Gasteiger partial charge is 0.385 e. The minimum atomic E-state index is 0.790. The van der Waals surface area contributed by atoms with E-state index in [0.717, 1.165) is 64.9 Å². The van der Waals surface area contributed by atoms with Crippen LogP contribution in [0.1, 0.15) is 25.7 Å². The highest BCUT2D eigenvalue weighted by atomic mass is 31.0. The Bertz CT molecular complexity index is 100. The molecule has 0 amide bonds. The summed E-state index contributed by atoms with van der Waals surface area (Å²) in [5, 5.41) is 0. The topological polar surface area (TPSA) is 27.7 Å². The lowest BCUT2D eigenvalue weighted by Gasteiger charge is -2.04. The van der Waals surface area contributed by atoms with Crippen LogP contribution in [0.5, 0.6) is 0 Å². The molecule has 0 saturated heterocycles. The second-order valence-corrected chi connectivity index (χ2v) is 4.00. The molecule has 0 rings (SSSR count). The number of ether oxygens (including phenoxy) is 3. The van der Waals surface area contributed by atoms with Gasteiger partial charge in [0.2, 0.25) is 0 Å². The van der Waals surface area contributed by atoms with E-state index in [4.69, 9.17) is 14.2 Å². The summed E-state index contributed by atoms with van der Waals surface area (Å²) in [6.07, 6.45) is 5.44. The van der Waals surface area contributed by atoms with Crippen LogP contribution in [0.15, 0.2) is 0 Å². The molecule has 1 atom stereocenters. The Kier molecular flexibility index (Phi) is 14.6. The first-order valence-corrected chi connectivity index (χ1v) is 6.58. The van der Waals surface area contributed by atoms with Crippen molar-refractivity contribution in [1.29, 1.82) is 0 Å². The van der Waals surface area contributed by atoms with Gasteiger partial charge in [0.1, 0.15) is 0 Å². The van der Waals surface area contributed by atoms with E-state index in [1.807, 2.05) is 0 Å². The second-order valence-electron chi connectivity index (χ2n) is 3.42. The quantitative estimate of drug-likeness (QED) is 0.383. The number of rotatable bonds is 12. The lowest BCUT2D eigenvalue weighted by molar-refractivity contribution is 0.0882. The van der Waals surface area contributed by atoms with E-state index in [0.29, 0.717) is 0 Å². The molecule has 0 aliphatic rings. The lowest BCUT2D eigenvalue weighted by Crippen LogP contribution is -2.02. The molecule has 3 nitrogen and oxygen atoms in total. The maximum absolute atomic E-state index is 5.43. The predicted molar refractivity (Wildman–Crippen MR) is 66.6 cm³/mol. The van der Waals surface area contributed by atoms with Crippen molar-refractivity contribution in [3.8, 4) is 0 Å². The Balaban J connectivity index is 2.81. The fourth-order valence-corrected chi connectivity index (χ4v) is 1.27.